The van der Waals surface area contributed by atoms with E-state index in [2.05, 4.69) is 13.8 Å². The van der Waals surface area contributed by atoms with Gasteiger partial charge in [-0.15, -0.1) is 0 Å². The number of nitrogens with zero attached hydrogens (tertiary/aromatic N) is 1. The van der Waals surface area contributed by atoms with Gasteiger partial charge in [-0.25, -0.2) is 4.79 Å². The highest BCUT2D eigenvalue weighted by atomic mass is 32.2. The summed E-state index contributed by atoms with van der Waals surface area (Å²) in [6.45, 7) is 15.0. The molecule has 0 aliphatic carbocycles. The molecule has 0 N–H and O–H groups in total. The van der Waals surface area contributed by atoms with E-state index in [4.69, 9.17) is 13.7 Å². The topological polar surface area (TPSA) is 82.1 Å². The maximum atomic E-state index is 12.8. The summed E-state index contributed by atoms with van der Waals surface area (Å²) in [5.74, 6) is 0.330. The Morgan fingerprint density at radius 3 is 2.15 bits per heavy atom. The standard InChI is InChI=1S/C18H35NO6S/c1-12(2)10-14-15(11-13(3)25-26(9,21)22)23-18(7,8)19(14)16(20)24-17(4,5)6/h12-15H,10-11H2,1-9H3/t13-,14?,15+/m1/s1. The molecule has 26 heavy (non-hydrogen) atoms. The van der Waals surface area contributed by atoms with Gasteiger partial charge in [-0.3, -0.25) is 9.08 Å². The molecule has 0 radical (unpaired) electrons. The van der Waals surface area contributed by atoms with Gasteiger partial charge in [0.15, 0.2) is 0 Å². The van der Waals surface area contributed by atoms with Crippen molar-refractivity contribution in [3.05, 3.63) is 0 Å². The fraction of sp³-hybridized carbons (Fsp3) is 0.944. The van der Waals surface area contributed by atoms with Crippen molar-refractivity contribution in [2.75, 3.05) is 6.26 Å². The summed E-state index contributed by atoms with van der Waals surface area (Å²) < 4.78 is 39.6. The minimum atomic E-state index is -3.55. The van der Waals surface area contributed by atoms with Gasteiger partial charge >= 0.3 is 6.09 Å². The second kappa shape index (κ2) is 8.02. The highest BCUT2D eigenvalue weighted by Gasteiger charge is 2.51. The van der Waals surface area contributed by atoms with Crippen LogP contribution in [0.3, 0.4) is 0 Å². The average Bonchev–Trinajstić information content (AvgIpc) is 2.53. The van der Waals surface area contributed by atoms with Crippen molar-refractivity contribution < 1.29 is 26.9 Å². The third-order valence-electron chi connectivity index (χ3n) is 3.99. The molecule has 1 saturated heterocycles. The SMILES string of the molecule is CC(C)CC1[C@H](C[C@@H](C)OS(C)(=O)=O)OC(C)(C)N1C(=O)OC(C)(C)C. The lowest BCUT2D eigenvalue weighted by molar-refractivity contribution is -0.0833. The Labute approximate surface area is 158 Å². The average molecular weight is 394 g/mol. The second-order valence-electron chi connectivity index (χ2n) is 9.00. The first-order valence-electron chi connectivity index (χ1n) is 9.10. The van der Waals surface area contributed by atoms with Crippen molar-refractivity contribution in [2.24, 2.45) is 5.92 Å². The Morgan fingerprint density at radius 1 is 1.19 bits per heavy atom. The number of hydrogen-bond acceptors (Lipinski definition) is 6. The van der Waals surface area contributed by atoms with Crippen LogP contribution in [-0.4, -0.2) is 55.2 Å². The molecule has 1 aliphatic rings. The van der Waals surface area contributed by atoms with Crippen LogP contribution in [0.15, 0.2) is 0 Å². The molecule has 0 aromatic rings. The van der Waals surface area contributed by atoms with Gasteiger partial charge in [-0.05, 0) is 53.9 Å². The molecule has 8 heteroatoms. The number of carbonyl (C=O) groups is 1. The molecule has 1 aliphatic heterocycles. The van der Waals surface area contributed by atoms with Gasteiger partial charge in [0.2, 0.25) is 0 Å². The van der Waals surface area contributed by atoms with Crippen LogP contribution in [0.5, 0.6) is 0 Å². The number of rotatable bonds is 6. The van der Waals surface area contributed by atoms with Crippen molar-refractivity contribution in [1.29, 1.82) is 0 Å². The lowest BCUT2D eigenvalue weighted by Gasteiger charge is -2.35. The predicted molar refractivity (Wildman–Crippen MR) is 100 cm³/mol. The molecular formula is C18H35NO6S. The van der Waals surface area contributed by atoms with Crippen molar-refractivity contribution in [3.8, 4) is 0 Å². The molecular weight excluding hydrogens is 358 g/mol. The molecule has 7 nitrogen and oxygen atoms in total. The molecule has 0 aromatic heterocycles. The van der Waals surface area contributed by atoms with Crippen LogP contribution in [-0.2, 0) is 23.8 Å². The van der Waals surface area contributed by atoms with E-state index in [-0.39, 0.29) is 12.1 Å². The predicted octanol–water partition coefficient (Wildman–Crippen LogP) is 3.53. The van der Waals surface area contributed by atoms with Crippen LogP contribution in [0.1, 0.15) is 68.2 Å². The van der Waals surface area contributed by atoms with E-state index in [0.717, 1.165) is 12.7 Å². The van der Waals surface area contributed by atoms with Gasteiger partial charge in [-0.1, -0.05) is 13.8 Å². The lowest BCUT2D eigenvalue weighted by Crippen LogP contribution is -2.50. The molecule has 1 fully saturated rings. The van der Waals surface area contributed by atoms with Gasteiger partial charge in [0.1, 0.15) is 11.3 Å². The van der Waals surface area contributed by atoms with Crippen molar-refractivity contribution in [3.63, 3.8) is 0 Å². The maximum absolute atomic E-state index is 12.8. The maximum Gasteiger partial charge on any atom is 0.412 e. The molecule has 1 heterocycles. The lowest BCUT2D eigenvalue weighted by atomic mass is 9.95. The van der Waals surface area contributed by atoms with Crippen molar-refractivity contribution in [2.45, 2.75) is 97.8 Å². The van der Waals surface area contributed by atoms with E-state index in [1.807, 2.05) is 34.6 Å². The van der Waals surface area contributed by atoms with E-state index < -0.39 is 33.6 Å². The monoisotopic (exact) mass is 393 g/mol. The van der Waals surface area contributed by atoms with Gasteiger partial charge in [0, 0.05) is 6.42 Å². The molecule has 0 bridgehead atoms. The zero-order chi connectivity index (χ0) is 20.5. The van der Waals surface area contributed by atoms with E-state index in [0.29, 0.717) is 12.3 Å². The normalized spacial score (nSPS) is 24.8. The molecule has 3 atom stereocenters. The van der Waals surface area contributed by atoms with Crippen LogP contribution < -0.4 is 0 Å². The molecule has 1 rings (SSSR count). The number of hydrogen-bond donors (Lipinski definition) is 0. The zero-order valence-electron chi connectivity index (χ0n) is 17.5. The van der Waals surface area contributed by atoms with Crippen LogP contribution in [0.2, 0.25) is 0 Å². The third kappa shape index (κ3) is 7.04. The minimum absolute atomic E-state index is 0.217. The zero-order valence-corrected chi connectivity index (χ0v) is 18.3. The largest absolute Gasteiger partial charge is 0.444 e. The first-order valence-corrected chi connectivity index (χ1v) is 10.9. The summed E-state index contributed by atoms with van der Waals surface area (Å²) >= 11 is 0. The fourth-order valence-electron chi connectivity index (χ4n) is 3.35. The highest BCUT2D eigenvalue weighted by molar-refractivity contribution is 7.86. The van der Waals surface area contributed by atoms with Gasteiger partial charge in [0.25, 0.3) is 10.1 Å². The Morgan fingerprint density at radius 2 is 1.73 bits per heavy atom. The molecule has 1 unspecified atom stereocenters. The van der Waals surface area contributed by atoms with Crippen LogP contribution in [0, 0.1) is 5.92 Å². The summed E-state index contributed by atoms with van der Waals surface area (Å²) in [7, 11) is -3.55. The molecule has 0 aromatic carbocycles. The van der Waals surface area contributed by atoms with Gasteiger partial charge in [0.05, 0.1) is 24.5 Å². The summed E-state index contributed by atoms with van der Waals surface area (Å²) in [6.07, 6.45) is 0.816. The minimum Gasteiger partial charge on any atom is -0.444 e. The number of amides is 1. The molecule has 0 saturated carbocycles. The number of ether oxygens (including phenoxy) is 2. The molecule has 0 spiro atoms. The molecule has 1 amide bonds. The smallest absolute Gasteiger partial charge is 0.412 e. The molecule has 154 valence electrons. The summed E-state index contributed by atoms with van der Waals surface area (Å²) in [5, 5.41) is 0. The van der Waals surface area contributed by atoms with Crippen LogP contribution in [0.4, 0.5) is 4.79 Å². The summed E-state index contributed by atoms with van der Waals surface area (Å²) in [5.41, 5.74) is -1.46. The number of carbonyl (C=O) groups excluding carboxylic acids is 1. The fourth-order valence-corrected chi connectivity index (χ4v) is 4.02. The van der Waals surface area contributed by atoms with E-state index in [1.54, 1.807) is 11.8 Å². The third-order valence-corrected chi connectivity index (χ3v) is 4.67. The van der Waals surface area contributed by atoms with E-state index >= 15 is 0 Å². The van der Waals surface area contributed by atoms with Crippen molar-refractivity contribution in [1.82, 2.24) is 4.90 Å². The Balaban J connectivity index is 3.06. The van der Waals surface area contributed by atoms with Gasteiger partial charge < -0.3 is 9.47 Å². The highest BCUT2D eigenvalue weighted by Crippen LogP contribution is 2.38. The summed E-state index contributed by atoms with van der Waals surface area (Å²) in [6, 6.07) is -0.217. The van der Waals surface area contributed by atoms with Crippen LogP contribution in [0.25, 0.3) is 0 Å². The summed E-state index contributed by atoms with van der Waals surface area (Å²) in [4.78, 5) is 14.5. The first-order chi connectivity index (χ1) is 11.5. The van der Waals surface area contributed by atoms with Crippen LogP contribution >= 0.6 is 0 Å². The second-order valence-corrected chi connectivity index (χ2v) is 10.6. The Hall–Kier alpha value is -0.860. The van der Waals surface area contributed by atoms with E-state index in [1.165, 1.54) is 0 Å². The quantitative estimate of drug-likeness (QED) is 0.642. The Kier molecular flexibility index (Phi) is 7.15. The van der Waals surface area contributed by atoms with Crippen molar-refractivity contribution >= 4 is 16.2 Å². The first kappa shape index (κ1) is 23.2. The van der Waals surface area contributed by atoms with Gasteiger partial charge in [-0.2, -0.15) is 8.42 Å². The van der Waals surface area contributed by atoms with E-state index in [9.17, 15) is 13.2 Å². The Bertz CT molecular complexity index is 593.